The molecular formula is C25H28ClNO3. The lowest BCUT2D eigenvalue weighted by Crippen LogP contribution is -2.40. The van der Waals surface area contributed by atoms with Crippen LogP contribution >= 0.6 is 11.6 Å². The van der Waals surface area contributed by atoms with E-state index in [2.05, 4.69) is 0 Å². The molecule has 4 nitrogen and oxygen atoms in total. The molecule has 0 aliphatic carbocycles. The number of hydrogen-bond donors (Lipinski definition) is 2. The molecule has 0 amide bonds. The highest BCUT2D eigenvalue weighted by molar-refractivity contribution is 6.31. The predicted molar refractivity (Wildman–Crippen MR) is 121 cm³/mol. The Labute approximate surface area is 183 Å². The highest BCUT2D eigenvalue weighted by atomic mass is 35.5. The van der Waals surface area contributed by atoms with Crippen LogP contribution in [-0.4, -0.2) is 17.3 Å². The van der Waals surface area contributed by atoms with Crippen molar-refractivity contribution in [2.24, 2.45) is 5.73 Å². The smallest absolute Gasteiger partial charge is 0.131 e. The summed E-state index contributed by atoms with van der Waals surface area (Å²) in [6.45, 7) is 2.33. The zero-order valence-corrected chi connectivity index (χ0v) is 17.9. The molecule has 30 heavy (non-hydrogen) atoms. The van der Waals surface area contributed by atoms with Gasteiger partial charge in [0.2, 0.25) is 0 Å². The molecule has 3 aromatic carbocycles. The zero-order valence-electron chi connectivity index (χ0n) is 17.2. The molecule has 0 bridgehead atoms. The number of hydrogen-bond acceptors (Lipinski definition) is 4. The summed E-state index contributed by atoms with van der Waals surface area (Å²) in [6, 6.07) is 23.3. The summed E-state index contributed by atoms with van der Waals surface area (Å²) >= 11 is 6.44. The summed E-state index contributed by atoms with van der Waals surface area (Å²) in [4.78, 5) is 0. The average molecular weight is 426 g/mol. The lowest BCUT2D eigenvalue weighted by atomic mass is 9.95. The van der Waals surface area contributed by atoms with Gasteiger partial charge in [0.05, 0.1) is 6.61 Å². The molecule has 3 aromatic rings. The van der Waals surface area contributed by atoms with Crippen LogP contribution in [0.4, 0.5) is 0 Å². The summed E-state index contributed by atoms with van der Waals surface area (Å²) in [5, 5.41) is 9.92. The second-order valence-corrected chi connectivity index (χ2v) is 8.18. The van der Waals surface area contributed by atoms with Gasteiger partial charge >= 0.3 is 0 Å². The number of aliphatic hydroxyl groups excluding tert-OH is 1. The van der Waals surface area contributed by atoms with Crippen LogP contribution in [0.1, 0.15) is 30.9 Å². The SMILES string of the molecule is CC(N)(CO)CCCc1ccc(Oc2cccc(OCc3ccccc3)c2)cc1Cl. The van der Waals surface area contributed by atoms with E-state index >= 15 is 0 Å². The molecule has 3 N–H and O–H groups in total. The monoisotopic (exact) mass is 425 g/mol. The fourth-order valence-electron chi connectivity index (χ4n) is 3.06. The number of nitrogens with two attached hydrogens (primary N) is 1. The molecular weight excluding hydrogens is 398 g/mol. The molecule has 1 unspecified atom stereocenters. The van der Waals surface area contributed by atoms with Crippen LogP contribution in [0, 0.1) is 0 Å². The van der Waals surface area contributed by atoms with Crippen molar-refractivity contribution >= 4 is 11.6 Å². The second kappa shape index (κ2) is 10.5. The van der Waals surface area contributed by atoms with E-state index in [0.717, 1.165) is 36.1 Å². The number of ether oxygens (including phenoxy) is 2. The van der Waals surface area contributed by atoms with Crippen molar-refractivity contribution < 1.29 is 14.6 Å². The summed E-state index contributed by atoms with van der Waals surface area (Å²) in [7, 11) is 0. The van der Waals surface area contributed by atoms with Gasteiger partial charge in [-0.2, -0.15) is 0 Å². The largest absolute Gasteiger partial charge is 0.489 e. The molecule has 3 rings (SSSR count). The number of aryl methyl sites for hydroxylation is 1. The van der Waals surface area contributed by atoms with E-state index in [-0.39, 0.29) is 6.61 Å². The molecule has 0 aliphatic rings. The van der Waals surface area contributed by atoms with Gasteiger partial charge in [-0.15, -0.1) is 0 Å². The van der Waals surface area contributed by atoms with Crippen LogP contribution in [0.2, 0.25) is 5.02 Å². The van der Waals surface area contributed by atoms with E-state index in [1.165, 1.54) is 0 Å². The fraction of sp³-hybridized carbons (Fsp3) is 0.280. The van der Waals surface area contributed by atoms with Gasteiger partial charge in [0.15, 0.2) is 0 Å². The first-order chi connectivity index (χ1) is 14.4. The maximum atomic E-state index is 9.26. The van der Waals surface area contributed by atoms with Crippen LogP contribution in [-0.2, 0) is 13.0 Å². The van der Waals surface area contributed by atoms with Crippen LogP contribution < -0.4 is 15.2 Å². The number of rotatable bonds is 10. The molecule has 0 heterocycles. The molecule has 1 atom stereocenters. The molecule has 158 valence electrons. The van der Waals surface area contributed by atoms with E-state index < -0.39 is 5.54 Å². The van der Waals surface area contributed by atoms with Crippen molar-refractivity contribution in [2.45, 2.75) is 38.3 Å². The molecule has 5 heteroatoms. The Balaban J connectivity index is 1.57. The second-order valence-electron chi connectivity index (χ2n) is 7.77. The molecule has 0 aliphatic heterocycles. The molecule has 0 fully saturated rings. The van der Waals surface area contributed by atoms with Gasteiger partial charge in [-0.1, -0.05) is 54.1 Å². The van der Waals surface area contributed by atoms with Gasteiger partial charge in [0, 0.05) is 16.6 Å². The Morgan fingerprint density at radius 3 is 2.40 bits per heavy atom. The summed E-state index contributed by atoms with van der Waals surface area (Å²) in [6.07, 6.45) is 2.39. The van der Waals surface area contributed by atoms with Crippen molar-refractivity contribution in [3.05, 3.63) is 88.9 Å². The lowest BCUT2D eigenvalue weighted by Gasteiger charge is -2.21. The topological polar surface area (TPSA) is 64.7 Å². The molecule has 0 saturated heterocycles. The van der Waals surface area contributed by atoms with Crippen LogP contribution in [0.25, 0.3) is 0 Å². The van der Waals surface area contributed by atoms with Gasteiger partial charge in [-0.3, -0.25) is 0 Å². The summed E-state index contributed by atoms with van der Waals surface area (Å²) < 4.78 is 11.8. The van der Waals surface area contributed by atoms with Gasteiger partial charge in [-0.05, 0) is 61.6 Å². The summed E-state index contributed by atoms with van der Waals surface area (Å²) in [5.41, 5.74) is 7.58. The Morgan fingerprint density at radius 1 is 0.933 bits per heavy atom. The van der Waals surface area contributed by atoms with Crippen LogP contribution in [0.5, 0.6) is 17.2 Å². The molecule has 0 radical (unpaired) electrons. The van der Waals surface area contributed by atoms with E-state index in [1.807, 2.05) is 79.7 Å². The zero-order chi connectivity index (χ0) is 21.4. The van der Waals surface area contributed by atoms with Gasteiger partial charge < -0.3 is 20.3 Å². The highest BCUT2D eigenvalue weighted by Gasteiger charge is 2.16. The first kappa shape index (κ1) is 22.2. The summed E-state index contributed by atoms with van der Waals surface area (Å²) in [5.74, 6) is 2.10. The van der Waals surface area contributed by atoms with E-state index in [9.17, 15) is 5.11 Å². The number of aliphatic hydroxyl groups is 1. The lowest BCUT2D eigenvalue weighted by molar-refractivity contribution is 0.198. The Bertz CT molecular complexity index is 944. The van der Waals surface area contributed by atoms with Crippen LogP contribution in [0.3, 0.4) is 0 Å². The van der Waals surface area contributed by atoms with E-state index in [4.69, 9.17) is 26.8 Å². The first-order valence-corrected chi connectivity index (χ1v) is 10.5. The maximum Gasteiger partial charge on any atom is 0.131 e. The minimum Gasteiger partial charge on any atom is -0.489 e. The van der Waals surface area contributed by atoms with Gasteiger partial charge in [0.1, 0.15) is 23.9 Å². The Morgan fingerprint density at radius 2 is 1.67 bits per heavy atom. The average Bonchev–Trinajstić information content (AvgIpc) is 2.75. The van der Waals surface area contributed by atoms with Gasteiger partial charge in [-0.25, -0.2) is 0 Å². The molecule has 0 spiro atoms. The minimum absolute atomic E-state index is 0.0262. The third kappa shape index (κ3) is 6.77. The Kier molecular flexibility index (Phi) is 7.75. The van der Waals surface area contributed by atoms with Gasteiger partial charge in [0.25, 0.3) is 0 Å². The highest BCUT2D eigenvalue weighted by Crippen LogP contribution is 2.30. The fourth-order valence-corrected chi connectivity index (χ4v) is 3.33. The standard InChI is InChI=1S/C25H28ClNO3/c1-25(27,18-28)14-6-9-20-12-13-23(16-24(20)26)30-22-11-5-10-21(15-22)29-17-19-7-3-2-4-8-19/h2-5,7-8,10-13,15-16,28H,6,9,14,17-18,27H2,1H3. The molecule has 0 aromatic heterocycles. The Hall–Kier alpha value is -2.53. The molecule has 0 saturated carbocycles. The number of benzene rings is 3. The van der Waals surface area contributed by atoms with Crippen molar-refractivity contribution in [1.82, 2.24) is 0 Å². The third-order valence-electron chi connectivity index (χ3n) is 4.87. The van der Waals surface area contributed by atoms with E-state index in [1.54, 1.807) is 0 Å². The van der Waals surface area contributed by atoms with Crippen molar-refractivity contribution in [1.29, 1.82) is 0 Å². The minimum atomic E-state index is -0.552. The quantitative estimate of drug-likeness (QED) is 0.434. The third-order valence-corrected chi connectivity index (χ3v) is 5.22. The number of halogens is 1. The van der Waals surface area contributed by atoms with Crippen molar-refractivity contribution in [3.63, 3.8) is 0 Å². The van der Waals surface area contributed by atoms with Crippen LogP contribution in [0.15, 0.2) is 72.8 Å². The van der Waals surface area contributed by atoms with Crippen molar-refractivity contribution in [3.8, 4) is 17.2 Å². The first-order valence-electron chi connectivity index (χ1n) is 10.1. The maximum absolute atomic E-state index is 9.26. The van der Waals surface area contributed by atoms with E-state index in [0.29, 0.717) is 23.1 Å². The predicted octanol–water partition coefficient (Wildman–Crippen LogP) is 5.74. The normalized spacial score (nSPS) is 12.9. The van der Waals surface area contributed by atoms with Crippen molar-refractivity contribution in [2.75, 3.05) is 6.61 Å².